The molecule has 0 fully saturated rings. The van der Waals surface area contributed by atoms with E-state index in [0.29, 0.717) is 22.7 Å². The molecule has 31 heavy (non-hydrogen) atoms. The maximum atomic E-state index is 12.6. The fraction of sp³-hybridized carbons (Fsp3) is 0.417. The zero-order chi connectivity index (χ0) is 23.0. The third kappa shape index (κ3) is 4.85. The van der Waals surface area contributed by atoms with Crippen LogP contribution in [0.4, 0.5) is 4.79 Å². The van der Waals surface area contributed by atoms with Crippen LogP contribution in [-0.2, 0) is 16.8 Å². The van der Waals surface area contributed by atoms with Crippen molar-refractivity contribution < 1.29 is 14.3 Å². The normalized spacial score (nSPS) is 11.9. The summed E-state index contributed by atoms with van der Waals surface area (Å²) in [7, 11) is 0. The van der Waals surface area contributed by atoms with Gasteiger partial charge in [-0.25, -0.2) is 9.78 Å². The molecule has 2 heterocycles. The molecule has 2 aromatic heterocycles. The first-order valence-corrected chi connectivity index (χ1v) is 10.1. The summed E-state index contributed by atoms with van der Waals surface area (Å²) in [4.78, 5) is 16.9. The van der Waals surface area contributed by atoms with E-state index in [1.165, 1.54) is 4.68 Å². The number of ether oxygens (including phenoxy) is 2. The molecular formula is C24H28N4O3. The number of fused-ring (bicyclic) bond motifs is 1. The van der Waals surface area contributed by atoms with E-state index in [1.54, 1.807) is 33.0 Å². The van der Waals surface area contributed by atoms with Crippen LogP contribution in [0.1, 0.15) is 63.9 Å². The van der Waals surface area contributed by atoms with Gasteiger partial charge in [0.1, 0.15) is 23.7 Å². The molecule has 3 aromatic rings. The SMILES string of the molecule is Cc1cc(OCc2nn(C(=O)OC(C)(C)C)c3ncccc23)c(C(C)(C)C)cc1C#N. The molecule has 0 aliphatic heterocycles. The number of benzene rings is 1. The average Bonchev–Trinajstić information content (AvgIpc) is 3.03. The molecule has 0 radical (unpaired) electrons. The van der Waals surface area contributed by atoms with Crippen molar-refractivity contribution in [2.24, 2.45) is 0 Å². The van der Waals surface area contributed by atoms with Gasteiger partial charge in [-0.3, -0.25) is 0 Å². The van der Waals surface area contributed by atoms with Crippen molar-refractivity contribution in [1.29, 1.82) is 5.26 Å². The average molecular weight is 421 g/mol. The molecular weight excluding hydrogens is 392 g/mol. The highest BCUT2D eigenvalue weighted by atomic mass is 16.6. The Morgan fingerprint density at radius 2 is 1.90 bits per heavy atom. The van der Waals surface area contributed by atoms with E-state index >= 15 is 0 Å². The van der Waals surface area contributed by atoms with Gasteiger partial charge >= 0.3 is 6.09 Å². The molecule has 7 heteroatoms. The number of hydrogen-bond donors (Lipinski definition) is 0. The zero-order valence-electron chi connectivity index (χ0n) is 19.1. The van der Waals surface area contributed by atoms with Crippen molar-refractivity contribution in [3.63, 3.8) is 0 Å². The second kappa shape index (κ2) is 8.03. The lowest BCUT2D eigenvalue weighted by Gasteiger charge is -2.23. The van der Waals surface area contributed by atoms with Crippen molar-refractivity contribution in [3.8, 4) is 11.8 Å². The molecule has 0 unspecified atom stereocenters. The number of rotatable bonds is 3. The fourth-order valence-corrected chi connectivity index (χ4v) is 3.21. The highest BCUT2D eigenvalue weighted by Crippen LogP contribution is 2.34. The van der Waals surface area contributed by atoms with Crippen LogP contribution in [0, 0.1) is 18.3 Å². The second-order valence-electron chi connectivity index (χ2n) is 9.53. The summed E-state index contributed by atoms with van der Waals surface area (Å²) in [6.07, 6.45) is 1.02. The Bertz CT molecular complexity index is 1170. The van der Waals surface area contributed by atoms with Crippen molar-refractivity contribution in [2.45, 2.75) is 66.1 Å². The summed E-state index contributed by atoms with van der Waals surface area (Å²) >= 11 is 0. The Balaban J connectivity index is 1.98. The second-order valence-corrected chi connectivity index (χ2v) is 9.53. The van der Waals surface area contributed by atoms with E-state index in [1.807, 2.05) is 25.1 Å². The van der Waals surface area contributed by atoms with Gasteiger partial charge in [0, 0.05) is 17.1 Å². The molecule has 3 rings (SSSR count). The van der Waals surface area contributed by atoms with Crippen molar-refractivity contribution in [1.82, 2.24) is 14.8 Å². The standard InChI is InChI=1S/C24H28N4O3/c1-15-11-20(18(23(2,3)4)12-16(15)13-25)30-14-19-17-9-8-10-26-21(17)28(27-19)22(29)31-24(5,6)7/h8-12H,14H2,1-7H3. The summed E-state index contributed by atoms with van der Waals surface area (Å²) in [5, 5.41) is 14.6. The summed E-state index contributed by atoms with van der Waals surface area (Å²) < 4.78 is 12.8. The molecule has 0 saturated carbocycles. The van der Waals surface area contributed by atoms with Crippen LogP contribution >= 0.6 is 0 Å². The number of hydrogen-bond acceptors (Lipinski definition) is 6. The minimum Gasteiger partial charge on any atom is -0.487 e. The Morgan fingerprint density at radius 3 is 2.52 bits per heavy atom. The van der Waals surface area contributed by atoms with Gasteiger partial charge in [0.25, 0.3) is 0 Å². The van der Waals surface area contributed by atoms with E-state index < -0.39 is 11.7 Å². The smallest absolute Gasteiger partial charge is 0.437 e. The highest BCUT2D eigenvalue weighted by Gasteiger charge is 2.24. The lowest BCUT2D eigenvalue weighted by Crippen LogP contribution is -2.28. The molecule has 0 saturated heterocycles. The first-order chi connectivity index (χ1) is 14.4. The Hall–Kier alpha value is -3.40. The van der Waals surface area contributed by atoms with Crippen LogP contribution in [0.5, 0.6) is 5.75 Å². The molecule has 0 atom stereocenters. The van der Waals surface area contributed by atoms with Gasteiger partial charge in [-0.1, -0.05) is 20.8 Å². The summed E-state index contributed by atoms with van der Waals surface area (Å²) in [6, 6.07) is 9.64. The molecule has 1 aromatic carbocycles. The Kier molecular flexibility index (Phi) is 5.77. The van der Waals surface area contributed by atoms with E-state index in [2.05, 4.69) is 36.9 Å². The predicted molar refractivity (Wildman–Crippen MR) is 118 cm³/mol. The number of aryl methyl sites for hydroxylation is 1. The van der Waals surface area contributed by atoms with E-state index in [4.69, 9.17) is 9.47 Å². The number of pyridine rings is 1. The molecule has 0 amide bonds. The number of nitrogens with zero attached hydrogens (tertiary/aromatic N) is 4. The largest absolute Gasteiger partial charge is 0.487 e. The van der Waals surface area contributed by atoms with Crippen molar-refractivity contribution in [2.75, 3.05) is 0 Å². The maximum Gasteiger partial charge on any atom is 0.437 e. The third-order valence-electron chi connectivity index (χ3n) is 4.70. The lowest BCUT2D eigenvalue weighted by atomic mass is 9.84. The van der Waals surface area contributed by atoms with Gasteiger partial charge in [-0.2, -0.15) is 10.4 Å². The Labute approximate surface area is 182 Å². The number of carbonyl (C=O) groups excluding carboxylic acids is 1. The van der Waals surface area contributed by atoms with Crippen LogP contribution in [0.25, 0.3) is 11.0 Å². The van der Waals surface area contributed by atoms with Gasteiger partial charge in [0.2, 0.25) is 0 Å². The predicted octanol–water partition coefficient (Wildman–Crippen LogP) is 5.27. The molecule has 0 aliphatic carbocycles. The van der Waals surface area contributed by atoms with Crippen molar-refractivity contribution in [3.05, 3.63) is 52.8 Å². The van der Waals surface area contributed by atoms with Gasteiger partial charge in [-0.15, -0.1) is 4.68 Å². The quantitative estimate of drug-likeness (QED) is 0.573. The third-order valence-corrected chi connectivity index (χ3v) is 4.70. The minimum absolute atomic E-state index is 0.145. The summed E-state index contributed by atoms with van der Waals surface area (Å²) in [6.45, 7) is 13.6. The van der Waals surface area contributed by atoms with E-state index in [9.17, 15) is 10.1 Å². The number of carbonyl (C=O) groups is 1. The van der Waals surface area contributed by atoms with Gasteiger partial charge in [0.05, 0.1) is 11.6 Å². The molecule has 0 aliphatic rings. The summed E-state index contributed by atoms with van der Waals surface area (Å²) in [5.41, 5.74) is 2.54. The van der Waals surface area contributed by atoms with Crippen LogP contribution in [0.3, 0.4) is 0 Å². The first-order valence-electron chi connectivity index (χ1n) is 10.1. The lowest BCUT2D eigenvalue weighted by molar-refractivity contribution is 0.0520. The molecule has 7 nitrogen and oxygen atoms in total. The molecule has 0 bridgehead atoms. The fourth-order valence-electron chi connectivity index (χ4n) is 3.21. The molecule has 0 spiro atoms. The van der Waals surface area contributed by atoms with Crippen LogP contribution in [0.2, 0.25) is 0 Å². The van der Waals surface area contributed by atoms with Gasteiger partial charge in [0.15, 0.2) is 5.65 Å². The molecule has 162 valence electrons. The summed E-state index contributed by atoms with van der Waals surface area (Å²) in [5.74, 6) is 0.688. The molecule has 0 N–H and O–H groups in total. The van der Waals surface area contributed by atoms with Crippen LogP contribution < -0.4 is 4.74 Å². The van der Waals surface area contributed by atoms with Crippen LogP contribution in [0.15, 0.2) is 30.5 Å². The minimum atomic E-state index is -0.650. The first kappa shape index (κ1) is 22.3. The van der Waals surface area contributed by atoms with E-state index in [-0.39, 0.29) is 12.0 Å². The van der Waals surface area contributed by atoms with Crippen molar-refractivity contribution >= 4 is 17.1 Å². The Morgan fingerprint density at radius 1 is 1.19 bits per heavy atom. The number of aromatic nitrogens is 3. The monoisotopic (exact) mass is 420 g/mol. The van der Waals surface area contributed by atoms with E-state index in [0.717, 1.165) is 16.5 Å². The number of nitriles is 1. The van der Waals surface area contributed by atoms with Crippen LogP contribution in [-0.4, -0.2) is 26.5 Å². The van der Waals surface area contributed by atoms with Gasteiger partial charge in [-0.05, 0) is 62.9 Å². The van der Waals surface area contributed by atoms with Gasteiger partial charge < -0.3 is 9.47 Å². The highest BCUT2D eigenvalue weighted by molar-refractivity contribution is 5.87. The zero-order valence-corrected chi connectivity index (χ0v) is 19.1. The maximum absolute atomic E-state index is 12.6. The topological polar surface area (TPSA) is 90.0 Å².